The first-order chi connectivity index (χ1) is 18.8. The first-order valence-corrected chi connectivity index (χ1v) is 12.7. The minimum atomic E-state index is -1.09. The molecule has 7 N–H and O–H groups in total. The third-order valence-electron chi connectivity index (χ3n) is 6.64. The van der Waals surface area contributed by atoms with E-state index >= 15 is 0 Å². The van der Waals surface area contributed by atoms with Crippen molar-refractivity contribution in [3.05, 3.63) is 72.3 Å². The zero-order chi connectivity index (χ0) is 27.8. The Hall–Kier alpha value is -4.52. The van der Waals surface area contributed by atoms with Crippen molar-refractivity contribution in [1.82, 2.24) is 35.5 Å². The summed E-state index contributed by atoms with van der Waals surface area (Å²) in [5.74, 6) is -2.75. The van der Waals surface area contributed by atoms with Crippen LogP contribution in [-0.4, -0.2) is 84.3 Å². The Morgan fingerprint density at radius 1 is 0.949 bits per heavy atom. The van der Waals surface area contributed by atoms with Gasteiger partial charge in [-0.25, -0.2) is 14.8 Å². The smallest absolute Gasteiger partial charge is 0.326 e. The van der Waals surface area contributed by atoms with Crippen molar-refractivity contribution in [2.45, 2.75) is 56.3 Å². The molecule has 3 aromatic rings. The van der Waals surface area contributed by atoms with Crippen molar-refractivity contribution in [2.24, 2.45) is 5.73 Å². The summed E-state index contributed by atoms with van der Waals surface area (Å²) in [6.07, 6.45) is 7.42. The number of aliphatic carboxylic acids is 1. The molecular formula is C26H32N8O5. The van der Waals surface area contributed by atoms with Crippen LogP contribution in [0, 0.1) is 0 Å². The van der Waals surface area contributed by atoms with E-state index in [1.54, 1.807) is 12.4 Å². The van der Waals surface area contributed by atoms with Gasteiger partial charge in [-0.1, -0.05) is 30.3 Å². The molecule has 1 saturated heterocycles. The second-order valence-corrected chi connectivity index (χ2v) is 9.48. The summed E-state index contributed by atoms with van der Waals surface area (Å²) >= 11 is 0. The minimum Gasteiger partial charge on any atom is -0.480 e. The Morgan fingerprint density at radius 2 is 1.59 bits per heavy atom. The first kappa shape index (κ1) is 27.5. The fourth-order valence-electron chi connectivity index (χ4n) is 4.63. The second-order valence-electron chi connectivity index (χ2n) is 9.48. The number of rotatable bonds is 12. The van der Waals surface area contributed by atoms with Gasteiger partial charge in [0, 0.05) is 38.2 Å². The number of carbonyl (C=O) groups is 4. The quantitative estimate of drug-likeness (QED) is 0.178. The number of imidazole rings is 2. The molecular weight excluding hydrogens is 504 g/mol. The van der Waals surface area contributed by atoms with Gasteiger partial charge in [0.2, 0.25) is 17.7 Å². The second kappa shape index (κ2) is 12.8. The Morgan fingerprint density at radius 3 is 2.21 bits per heavy atom. The summed E-state index contributed by atoms with van der Waals surface area (Å²) in [5, 5.41) is 15.1. The van der Waals surface area contributed by atoms with E-state index < -0.39 is 47.9 Å². The lowest BCUT2D eigenvalue weighted by molar-refractivity contribution is -0.149. The lowest BCUT2D eigenvalue weighted by Gasteiger charge is -2.29. The summed E-state index contributed by atoms with van der Waals surface area (Å²) in [6, 6.07) is 5.05. The highest BCUT2D eigenvalue weighted by molar-refractivity contribution is 5.94. The molecule has 3 amide bonds. The molecule has 39 heavy (non-hydrogen) atoms. The largest absolute Gasteiger partial charge is 0.480 e. The summed E-state index contributed by atoms with van der Waals surface area (Å²) in [6.45, 7) is 0.284. The van der Waals surface area contributed by atoms with Crippen LogP contribution in [0.4, 0.5) is 0 Å². The maximum absolute atomic E-state index is 13.6. The van der Waals surface area contributed by atoms with Gasteiger partial charge in [0.25, 0.3) is 0 Å². The van der Waals surface area contributed by atoms with Crippen molar-refractivity contribution >= 4 is 23.7 Å². The molecule has 0 unspecified atom stereocenters. The number of H-pyrrole nitrogens is 2. The van der Waals surface area contributed by atoms with Gasteiger partial charge in [-0.2, -0.15) is 0 Å². The van der Waals surface area contributed by atoms with Gasteiger partial charge in [0.15, 0.2) is 0 Å². The molecule has 3 heterocycles. The Bertz CT molecular complexity index is 1250. The molecule has 2 aromatic heterocycles. The van der Waals surface area contributed by atoms with Crippen LogP contribution in [0.1, 0.15) is 29.8 Å². The fourth-order valence-corrected chi connectivity index (χ4v) is 4.63. The van der Waals surface area contributed by atoms with Gasteiger partial charge in [0.05, 0.1) is 30.1 Å². The molecule has 1 aromatic carbocycles. The molecule has 4 rings (SSSR count). The highest BCUT2D eigenvalue weighted by Gasteiger charge is 2.38. The van der Waals surface area contributed by atoms with Crippen LogP contribution < -0.4 is 16.4 Å². The Balaban J connectivity index is 1.53. The van der Waals surface area contributed by atoms with E-state index in [1.807, 2.05) is 30.3 Å². The molecule has 13 heteroatoms. The van der Waals surface area contributed by atoms with E-state index in [1.165, 1.54) is 17.6 Å². The van der Waals surface area contributed by atoms with E-state index in [0.717, 1.165) is 5.56 Å². The SMILES string of the molecule is N[C@@H](Cc1c[nH]cn1)C(=O)N[C@@H](Cc1c[nH]cn1)C(=O)N[C@@H](Cc1ccccc1)C(=O)N1CCC[C@H]1C(=O)O. The predicted octanol–water partition coefficient (Wildman–Crippen LogP) is -0.467. The van der Waals surface area contributed by atoms with E-state index in [-0.39, 0.29) is 25.8 Å². The number of nitrogens with two attached hydrogens (primary N) is 1. The molecule has 206 valence electrons. The topological polar surface area (TPSA) is 199 Å². The molecule has 0 aliphatic carbocycles. The monoisotopic (exact) mass is 536 g/mol. The molecule has 1 fully saturated rings. The lowest BCUT2D eigenvalue weighted by Crippen LogP contribution is -2.58. The number of carboxylic acids is 1. The van der Waals surface area contributed by atoms with Gasteiger partial charge in [0.1, 0.15) is 18.1 Å². The van der Waals surface area contributed by atoms with Crippen LogP contribution >= 0.6 is 0 Å². The molecule has 4 atom stereocenters. The van der Waals surface area contributed by atoms with Crippen LogP contribution in [-0.2, 0) is 38.4 Å². The maximum atomic E-state index is 13.6. The third-order valence-corrected chi connectivity index (χ3v) is 6.64. The van der Waals surface area contributed by atoms with Crippen molar-refractivity contribution in [3.8, 4) is 0 Å². The van der Waals surface area contributed by atoms with Crippen LogP contribution in [0.15, 0.2) is 55.4 Å². The van der Waals surface area contributed by atoms with Gasteiger partial charge in [-0.15, -0.1) is 0 Å². The van der Waals surface area contributed by atoms with Crippen LogP contribution in [0.2, 0.25) is 0 Å². The molecule has 0 bridgehead atoms. The van der Waals surface area contributed by atoms with Crippen LogP contribution in [0.25, 0.3) is 0 Å². The number of carboxylic acid groups (broad SMARTS) is 1. The van der Waals surface area contributed by atoms with Gasteiger partial charge < -0.3 is 36.3 Å². The third kappa shape index (κ3) is 7.29. The summed E-state index contributed by atoms with van der Waals surface area (Å²) in [7, 11) is 0. The number of nitrogens with one attached hydrogen (secondary N) is 4. The van der Waals surface area contributed by atoms with Crippen molar-refractivity contribution < 1.29 is 24.3 Å². The Labute approximate surface area is 224 Å². The zero-order valence-electron chi connectivity index (χ0n) is 21.2. The highest BCUT2D eigenvalue weighted by Crippen LogP contribution is 2.20. The number of carbonyl (C=O) groups excluding carboxylic acids is 3. The van der Waals surface area contributed by atoms with Crippen LogP contribution in [0.3, 0.4) is 0 Å². The van der Waals surface area contributed by atoms with E-state index in [2.05, 4.69) is 30.6 Å². The zero-order valence-corrected chi connectivity index (χ0v) is 21.2. The lowest BCUT2D eigenvalue weighted by atomic mass is 10.0. The minimum absolute atomic E-state index is 0.0455. The van der Waals surface area contributed by atoms with Gasteiger partial charge >= 0.3 is 5.97 Å². The molecule has 13 nitrogen and oxygen atoms in total. The number of benzene rings is 1. The molecule has 1 aliphatic rings. The highest BCUT2D eigenvalue weighted by atomic mass is 16.4. The van der Waals surface area contributed by atoms with Gasteiger partial charge in [-0.05, 0) is 18.4 Å². The summed E-state index contributed by atoms with van der Waals surface area (Å²) in [4.78, 5) is 67.0. The molecule has 0 saturated carbocycles. The van der Waals surface area contributed by atoms with Crippen molar-refractivity contribution in [2.75, 3.05) is 6.54 Å². The van der Waals surface area contributed by atoms with Crippen molar-refractivity contribution in [3.63, 3.8) is 0 Å². The fraction of sp³-hybridized carbons (Fsp3) is 0.385. The Kier molecular flexibility index (Phi) is 9.05. The van der Waals surface area contributed by atoms with Crippen LogP contribution in [0.5, 0.6) is 0 Å². The van der Waals surface area contributed by atoms with E-state index in [9.17, 15) is 24.3 Å². The van der Waals surface area contributed by atoms with Crippen molar-refractivity contribution in [1.29, 1.82) is 0 Å². The number of aromatic nitrogens is 4. The number of hydrogen-bond acceptors (Lipinski definition) is 7. The summed E-state index contributed by atoms with van der Waals surface area (Å²) in [5.41, 5.74) is 7.98. The van der Waals surface area contributed by atoms with E-state index in [4.69, 9.17) is 5.73 Å². The number of likely N-dealkylation sites (tertiary alicyclic amines) is 1. The summed E-state index contributed by atoms with van der Waals surface area (Å²) < 4.78 is 0. The first-order valence-electron chi connectivity index (χ1n) is 12.7. The average molecular weight is 537 g/mol. The number of hydrogen-bond donors (Lipinski definition) is 6. The molecule has 0 radical (unpaired) electrons. The number of aromatic amines is 2. The average Bonchev–Trinajstić information content (AvgIpc) is 3.71. The molecule has 0 spiro atoms. The van der Waals surface area contributed by atoms with E-state index in [0.29, 0.717) is 24.2 Å². The molecule has 1 aliphatic heterocycles. The standard InChI is InChI=1S/C26H32N8O5/c27-19(10-17-12-28-14-30-17)23(35)32-20(11-18-13-29-15-31-18)24(36)33-21(9-16-5-2-1-3-6-16)25(37)34-8-4-7-22(34)26(38)39/h1-3,5-6,12-15,19-22H,4,7-11,27H2,(H,28,30)(H,29,31)(H,32,35)(H,33,36)(H,38,39)/t19-,20-,21-,22-/m0/s1. The van der Waals surface area contributed by atoms with Gasteiger partial charge in [-0.3, -0.25) is 14.4 Å². The number of amides is 3. The normalized spacial score (nSPS) is 17.3. The number of nitrogens with zero attached hydrogens (tertiary/aromatic N) is 3. The predicted molar refractivity (Wildman–Crippen MR) is 139 cm³/mol. The maximum Gasteiger partial charge on any atom is 0.326 e.